The lowest BCUT2D eigenvalue weighted by Gasteiger charge is -2.15. The maximum absolute atomic E-state index is 12.7. The highest BCUT2D eigenvalue weighted by molar-refractivity contribution is 9.11. The van der Waals surface area contributed by atoms with Crippen LogP contribution in [-0.4, -0.2) is 12.0 Å². The van der Waals surface area contributed by atoms with Crippen LogP contribution < -0.4 is 4.90 Å². The lowest BCUT2D eigenvalue weighted by atomic mass is 10.3. The third-order valence-electron chi connectivity index (χ3n) is 1.97. The molecular weight excluding hydrogens is 279 g/mol. The van der Waals surface area contributed by atoms with Crippen LogP contribution >= 0.6 is 27.3 Å². The van der Waals surface area contributed by atoms with Gasteiger partial charge in [0.25, 0.3) is 0 Å². The standard InChI is InChI=1S/C10H8BrFN2S/c1-14(10-13-6-9(11)15-10)8-4-2-7(12)3-5-8/h2-6H,1H3. The molecule has 1 aromatic carbocycles. The van der Waals surface area contributed by atoms with Crippen LogP contribution in [0.3, 0.4) is 0 Å². The minimum Gasteiger partial charge on any atom is -0.321 e. The number of aromatic nitrogens is 1. The average molecular weight is 287 g/mol. The van der Waals surface area contributed by atoms with Gasteiger partial charge in [0.2, 0.25) is 0 Å². The summed E-state index contributed by atoms with van der Waals surface area (Å²) in [5, 5.41) is 0.869. The minimum absolute atomic E-state index is 0.229. The summed E-state index contributed by atoms with van der Waals surface area (Å²) in [6, 6.07) is 6.33. The van der Waals surface area contributed by atoms with Crippen molar-refractivity contribution in [2.75, 3.05) is 11.9 Å². The molecule has 5 heteroatoms. The Bertz CT molecular complexity index is 455. The van der Waals surface area contributed by atoms with E-state index < -0.39 is 0 Å². The number of rotatable bonds is 2. The van der Waals surface area contributed by atoms with E-state index in [1.54, 1.807) is 18.3 Å². The van der Waals surface area contributed by atoms with Gasteiger partial charge in [0.05, 0.1) is 9.98 Å². The van der Waals surface area contributed by atoms with E-state index in [0.29, 0.717) is 0 Å². The molecule has 2 nitrogen and oxygen atoms in total. The van der Waals surface area contributed by atoms with Crippen LogP contribution in [-0.2, 0) is 0 Å². The molecular formula is C10H8BrFN2S. The van der Waals surface area contributed by atoms with Crippen molar-refractivity contribution < 1.29 is 4.39 Å². The zero-order valence-corrected chi connectivity index (χ0v) is 10.3. The fourth-order valence-corrected chi connectivity index (χ4v) is 2.34. The molecule has 0 bridgehead atoms. The van der Waals surface area contributed by atoms with Crippen LogP contribution in [0, 0.1) is 5.82 Å². The third-order valence-corrected chi connectivity index (χ3v) is 3.52. The zero-order chi connectivity index (χ0) is 10.8. The third kappa shape index (κ3) is 2.35. The van der Waals surface area contributed by atoms with E-state index in [0.717, 1.165) is 14.6 Å². The van der Waals surface area contributed by atoms with Crippen molar-refractivity contribution in [3.63, 3.8) is 0 Å². The summed E-state index contributed by atoms with van der Waals surface area (Å²) < 4.78 is 13.7. The van der Waals surface area contributed by atoms with Crippen molar-refractivity contribution in [3.05, 3.63) is 40.1 Å². The van der Waals surface area contributed by atoms with Crippen molar-refractivity contribution in [2.24, 2.45) is 0 Å². The smallest absolute Gasteiger partial charge is 0.190 e. The van der Waals surface area contributed by atoms with E-state index in [1.165, 1.54) is 23.5 Å². The molecule has 2 aromatic rings. The average Bonchev–Trinajstić information content (AvgIpc) is 2.65. The van der Waals surface area contributed by atoms with Crippen molar-refractivity contribution in [1.82, 2.24) is 4.98 Å². The van der Waals surface area contributed by atoms with Crippen LogP contribution in [0.1, 0.15) is 0 Å². The molecule has 0 spiro atoms. The van der Waals surface area contributed by atoms with Gasteiger partial charge in [0, 0.05) is 12.7 Å². The molecule has 0 saturated heterocycles. The number of nitrogens with zero attached hydrogens (tertiary/aromatic N) is 2. The highest BCUT2D eigenvalue weighted by Crippen LogP contribution is 2.30. The Morgan fingerprint density at radius 2 is 2.00 bits per heavy atom. The van der Waals surface area contributed by atoms with Gasteiger partial charge in [-0.05, 0) is 40.2 Å². The van der Waals surface area contributed by atoms with Crippen LogP contribution in [0.5, 0.6) is 0 Å². The van der Waals surface area contributed by atoms with Gasteiger partial charge >= 0.3 is 0 Å². The molecule has 0 amide bonds. The Hall–Kier alpha value is -0.940. The topological polar surface area (TPSA) is 16.1 Å². The van der Waals surface area contributed by atoms with E-state index >= 15 is 0 Å². The lowest BCUT2D eigenvalue weighted by molar-refractivity contribution is 0.628. The summed E-state index contributed by atoms with van der Waals surface area (Å²) in [7, 11) is 1.90. The first-order chi connectivity index (χ1) is 7.16. The van der Waals surface area contributed by atoms with Crippen molar-refractivity contribution in [3.8, 4) is 0 Å². The quantitative estimate of drug-likeness (QED) is 0.835. The SMILES string of the molecule is CN(c1ccc(F)cc1)c1ncc(Br)s1. The molecule has 1 aromatic heterocycles. The summed E-state index contributed by atoms with van der Waals surface area (Å²) >= 11 is 4.89. The van der Waals surface area contributed by atoms with Crippen molar-refractivity contribution in [2.45, 2.75) is 0 Å². The number of hydrogen-bond donors (Lipinski definition) is 0. The van der Waals surface area contributed by atoms with E-state index in [1.807, 2.05) is 11.9 Å². The monoisotopic (exact) mass is 286 g/mol. The van der Waals surface area contributed by atoms with Crippen LogP contribution in [0.2, 0.25) is 0 Å². The lowest BCUT2D eigenvalue weighted by Crippen LogP contribution is -2.08. The Kier molecular flexibility index (Phi) is 3.02. The zero-order valence-electron chi connectivity index (χ0n) is 7.95. The molecule has 15 heavy (non-hydrogen) atoms. The van der Waals surface area contributed by atoms with E-state index in [2.05, 4.69) is 20.9 Å². The number of hydrogen-bond acceptors (Lipinski definition) is 3. The van der Waals surface area contributed by atoms with E-state index in [-0.39, 0.29) is 5.82 Å². The van der Waals surface area contributed by atoms with Crippen LogP contribution in [0.15, 0.2) is 34.2 Å². The fourth-order valence-electron chi connectivity index (χ4n) is 1.18. The highest BCUT2D eigenvalue weighted by Gasteiger charge is 2.07. The minimum atomic E-state index is -0.229. The number of halogens is 2. The molecule has 0 radical (unpaired) electrons. The molecule has 0 aliphatic rings. The van der Waals surface area contributed by atoms with Gasteiger partial charge < -0.3 is 4.90 Å². The van der Waals surface area contributed by atoms with Gasteiger partial charge in [-0.3, -0.25) is 0 Å². The Morgan fingerprint density at radius 3 is 2.53 bits per heavy atom. The maximum Gasteiger partial charge on any atom is 0.190 e. The van der Waals surface area contributed by atoms with Crippen LogP contribution in [0.4, 0.5) is 15.2 Å². The molecule has 0 aliphatic heterocycles. The Labute approximate surface area is 99.5 Å². The molecule has 0 N–H and O–H groups in total. The predicted octanol–water partition coefficient (Wildman–Crippen LogP) is 3.81. The first kappa shape index (κ1) is 10.6. The number of anilines is 2. The second kappa shape index (κ2) is 4.28. The van der Waals surface area contributed by atoms with Crippen molar-refractivity contribution >= 4 is 38.1 Å². The molecule has 2 rings (SSSR count). The molecule has 1 heterocycles. The normalized spacial score (nSPS) is 10.3. The van der Waals surface area contributed by atoms with Gasteiger partial charge in [-0.15, -0.1) is 0 Å². The summed E-state index contributed by atoms with van der Waals surface area (Å²) in [6.07, 6.45) is 1.75. The number of benzene rings is 1. The molecule has 0 unspecified atom stereocenters. The predicted molar refractivity (Wildman–Crippen MR) is 64.3 cm³/mol. The molecule has 0 atom stereocenters. The largest absolute Gasteiger partial charge is 0.321 e. The molecule has 0 aliphatic carbocycles. The Morgan fingerprint density at radius 1 is 1.33 bits per heavy atom. The van der Waals surface area contributed by atoms with Crippen molar-refractivity contribution in [1.29, 1.82) is 0 Å². The van der Waals surface area contributed by atoms with Crippen LogP contribution in [0.25, 0.3) is 0 Å². The first-order valence-corrected chi connectivity index (χ1v) is 5.88. The van der Waals surface area contributed by atoms with Gasteiger partial charge in [0.15, 0.2) is 5.13 Å². The van der Waals surface area contributed by atoms with Gasteiger partial charge in [-0.1, -0.05) is 11.3 Å². The second-order valence-corrected chi connectivity index (χ2v) is 5.37. The summed E-state index contributed by atoms with van der Waals surface area (Å²) in [4.78, 5) is 6.13. The molecule has 0 saturated carbocycles. The second-order valence-electron chi connectivity index (χ2n) is 2.98. The fraction of sp³-hybridized carbons (Fsp3) is 0.100. The van der Waals surface area contributed by atoms with E-state index in [4.69, 9.17) is 0 Å². The summed E-state index contributed by atoms with van der Waals surface area (Å²) in [5.74, 6) is -0.229. The highest BCUT2D eigenvalue weighted by atomic mass is 79.9. The van der Waals surface area contributed by atoms with Gasteiger partial charge in [0.1, 0.15) is 5.82 Å². The summed E-state index contributed by atoms with van der Waals surface area (Å²) in [6.45, 7) is 0. The first-order valence-electron chi connectivity index (χ1n) is 4.27. The Balaban J connectivity index is 2.28. The maximum atomic E-state index is 12.7. The summed E-state index contributed by atoms with van der Waals surface area (Å²) in [5.41, 5.74) is 0.915. The van der Waals surface area contributed by atoms with Gasteiger partial charge in [-0.25, -0.2) is 9.37 Å². The van der Waals surface area contributed by atoms with E-state index in [9.17, 15) is 4.39 Å². The molecule has 0 fully saturated rings. The van der Waals surface area contributed by atoms with Gasteiger partial charge in [-0.2, -0.15) is 0 Å². The molecule has 78 valence electrons. The number of thiazole rings is 1.